The van der Waals surface area contributed by atoms with Crippen LogP contribution in [-0.2, 0) is 12.3 Å². The van der Waals surface area contributed by atoms with Crippen LogP contribution in [0.15, 0.2) is 52.3 Å². The average Bonchev–Trinajstić information content (AvgIpc) is 3.24. The van der Waals surface area contributed by atoms with Crippen molar-refractivity contribution in [2.45, 2.75) is 24.4 Å². The number of benzene rings is 1. The topological polar surface area (TPSA) is 75.0 Å². The van der Waals surface area contributed by atoms with Crippen molar-refractivity contribution in [1.29, 1.82) is 0 Å². The first-order chi connectivity index (χ1) is 11.6. The number of rotatable bonds is 6. The van der Waals surface area contributed by atoms with Gasteiger partial charge in [-0.1, -0.05) is 30.0 Å². The molecule has 3 rings (SSSR count). The van der Waals surface area contributed by atoms with Gasteiger partial charge in [0.15, 0.2) is 5.16 Å². The lowest BCUT2D eigenvalue weighted by atomic mass is 10.1. The van der Waals surface area contributed by atoms with E-state index in [1.165, 1.54) is 18.1 Å². The van der Waals surface area contributed by atoms with Gasteiger partial charge in [-0.2, -0.15) is 5.10 Å². The average molecular weight is 342 g/mol. The molecule has 0 bridgehead atoms. The Morgan fingerprint density at radius 1 is 1.29 bits per heavy atom. The summed E-state index contributed by atoms with van der Waals surface area (Å²) < 4.78 is 5.55. The Labute approximate surface area is 144 Å². The van der Waals surface area contributed by atoms with Crippen LogP contribution < -0.4 is 0 Å². The number of amides is 1. The van der Waals surface area contributed by atoms with Gasteiger partial charge in [0.1, 0.15) is 17.8 Å². The summed E-state index contributed by atoms with van der Waals surface area (Å²) in [5.41, 5.74) is 1.65. The number of furan rings is 1. The predicted octanol–water partition coefficient (Wildman–Crippen LogP) is 3.27. The summed E-state index contributed by atoms with van der Waals surface area (Å²) in [5, 5.41) is 7.37. The number of hydrogen-bond donors (Lipinski definition) is 1. The van der Waals surface area contributed by atoms with Gasteiger partial charge in [-0.25, -0.2) is 4.98 Å². The van der Waals surface area contributed by atoms with Gasteiger partial charge < -0.3 is 9.32 Å². The summed E-state index contributed by atoms with van der Waals surface area (Å²) in [6, 6.07) is 11.4. The second kappa shape index (κ2) is 7.35. The zero-order valence-electron chi connectivity index (χ0n) is 13.5. The minimum atomic E-state index is -0.0298. The Morgan fingerprint density at radius 3 is 2.83 bits per heavy atom. The first-order valence-electron chi connectivity index (χ1n) is 7.50. The van der Waals surface area contributed by atoms with Crippen molar-refractivity contribution in [3.63, 3.8) is 0 Å². The Hall–Kier alpha value is -2.54. The highest BCUT2D eigenvalue weighted by molar-refractivity contribution is 7.98. The number of hydrogen-bond acceptors (Lipinski definition) is 5. The van der Waals surface area contributed by atoms with E-state index in [1.807, 2.05) is 43.3 Å². The van der Waals surface area contributed by atoms with Crippen LogP contribution in [0.2, 0.25) is 0 Å². The molecule has 0 saturated heterocycles. The van der Waals surface area contributed by atoms with Crippen molar-refractivity contribution in [2.75, 3.05) is 7.05 Å². The zero-order valence-corrected chi connectivity index (χ0v) is 14.3. The van der Waals surface area contributed by atoms with E-state index in [1.54, 1.807) is 11.9 Å². The molecule has 0 aliphatic rings. The van der Waals surface area contributed by atoms with E-state index in [4.69, 9.17) is 4.42 Å². The molecule has 24 heavy (non-hydrogen) atoms. The van der Waals surface area contributed by atoms with Crippen LogP contribution in [0.3, 0.4) is 0 Å². The lowest BCUT2D eigenvalue weighted by Gasteiger charge is -2.18. The molecular weight excluding hydrogens is 324 g/mol. The van der Waals surface area contributed by atoms with Crippen molar-refractivity contribution in [3.8, 4) is 0 Å². The molecule has 124 valence electrons. The molecule has 1 amide bonds. The first-order valence-corrected chi connectivity index (χ1v) is 8.49. The number of thioether (sulfide) groups is 1. The van der Waals surface area contributed by atoms with E-state index in [9.17, 15) is 4.79 Å². The van der Waals surface area contributed by atoms with Crippen LogP contribution in [0.25, 0.3) is 0 Å². The highest BCUT2D eigenvalue weighted by atomic mass is 32.2. The van der Waals surface area contributed by atoms with Gasteiger partial charge in [0.2, 0.25) is 0 Å². The third-order valence-electron chi connectivity index (χ3n) is 3.54. The van der Waals surface area contributed by atoms with Crippen LogP contribution >= 0.6 is 11.8 Å². The zero-order chi connectivity index (χ0) is 16.9. The summed E-state index contributed by atoms with van der Waals surface area (Å²) in [6.07, 6.45) is 1.47. The van der Waals surface area contributed by atoms with Gasteiger partial charge in [-0.15, -0.1) is 0 Å². The van der Waals surface area contributed by atoms with Crippen LogP contribution in [0.1, 0.15) is 27.4 Å². The van der Waals surface area contributed by atoms with E-state index >= 15 is 0 Å². The number of nitrogens with one attached hydrogen (secondary N) is 1. The molecule has 0 saturated carbocycles. The van der Waals surface area contributed by atoms with Crippen molar-refractivity contribution in [1.82, 2.24) is 20.1 Å². The Balaban J connectivity index is 1.71. The van der Waals surface area contributed by atoms with Gasteiger partial charge in [0.05, 0.1) is 6.54 Å². The van der Waals surface area contributed by atoms with Crippen LogP contribution in [-0.4, -0.2) is 33.0 Å². The van der Waals surface area contributed by atoms with E-state index in [-0.39, 0.29) is 5.91 Å². The molecule has 2 heterocycles. The van der Waals surface area contributed by atoms with E-state index < -0.39 is 0 Å². The monoisotopic (exact) mass is 342 g/mol. The molecule has 0 spiro atoms. The maximum atomic E-state index is 12.8. The molecule has 0 unspecified atom stereocenters. The lowest BCUT2D eigenvalue weighted by molar-refractivity contribution is 0.0774. The Bertz CT molecular complexity index is 814. The van der Waals surface area contributed by atoms with Gasteiger partial charge >= 0.3 is 0 Å². The minimum Gasteiger partial charge on any atom is -0.464 e. The van der Waals surface area contributed by atoms with Crippen molar-refractivity contribution in [3.05, 3.63) is 65.4 Å². The number of aromatic nitrogens is 3. The van der Waals surface area contributed by atoms with Gasteiger partial charge in [-0.3, -0.25) is 9.89 Å². The van der Waals surface area contributed by atoms with Gasteiger partial charge in [-0.05, 0) is 30.7 Å². The Morgan fingerprint density at radius 2 is 2.12 bits per heavy atom. The molecule has 2 aromatic heterocycles. The quantitative estimate of drug-likeness (QED) is 0.696. The highest BCUT2D eigenvalue weighted by Gasteiger charge is 2.17. The summed E-state index contributed by atoms with van der Waals surface area (Å²) in [6.45, 7) is 2.33. The Kier molecular flexibility index (Phi) is 5.00. The third kappa shape index (κ3) is 3.86. The summed E-state index contributed by atoms with van der Waals surface area (Å²) in [4.78, 5) is 18.5. The van der Waals surface area contributed by atoms with E-state index in [0.717, 1.165) is 22.2 Å². The number of carbonyl (C=O) groups is 1. The van der Waals surface area contributed by atoms with Crippen LogP contribution in [0, 0.1) is 6.92 Å². The molecular formula is C17H18N4O2S. The van der Waals surface area contributed by atoms with E-state index in [2.05, 4.69) is 15.2 Å². The second-order valence-electron chi connectivity index (χ2n) is 5.41. The van der Waals surface area contributed by atoms with Crippen LogP contribution in [0.4, 0.5) is 0 Å². The van der Waals surface area contributed by atoms with Crippen molar-refractivity contribution >= 4 is 17.7 Å². The predicted molar refractivity (Wildman–Crippen MR) is 91.6 cm³/mol. The maximum absolute atomic E-state index is 12.8. The number of nitrogens with zero attached hydrogens (tertiary/aromatic N) is 3. The molecule has 3 aromatic rings. The largest absolute Gasteiger partial charge is 0.464 e. The standard InChI is InChI=1S/C17H18N4O2S/c1-12-7-8-14(23-12)9-21(2)16(22)15-6-4-3-5-13(15)10-24-17-18-11-19-20-17/h3-8,11H,9-10H2,1-2H3,(H,18,19,20). The molecule has 1 N–H and O–H groups in total. The molecule has 0 aliphatic carbocycles. The fraction of sp³-hybridized carbons (Fsp3) is 0.235. The normalized spacial score (nSPS) is 10.8. The first kappa shape index (κ1) is 16.3. The fourth-order valence-electron chi connectivity index (χ4n) is 2.35. The van der Waals surface area contributed by atoms with Gasteiger partial charge in [0, 0.05) is 18.4 Å². The number of aromatic amines is 1. The van der Waals surface area contributed by atoms with Crippen molar-refractivity contribution < 1.29 is 9.21 Å². The summed E-state index contributed by atoms with van der Waals surface area (Å²) in [7, 11) is 1.78. The smallest absolute Gasteiger partial charge is 0.254 e. The highest BCUT2D eigenvalue weighted by Crippen LogP contribution is 2.22. The van der Waals surface area contributed by atoms with E-state index in [0.29, 0.717) is 17.9 Å². The van der Waals surface area contributed by atoms with Crippen molar-refractivity contribution in [2.24, 2.45) is 0 Å². The van der Waals surface area contributed by atoms with Crippen LogP contribution in [0.5, 0.6) is 0 Å². The number of carbonyl (C=O) groups excluding carboxylic acids is 1. The number of H-pyrrole nitrogens is 1. The summed E-state index contributed by atoms with van der Waals surface area (Å²) in [5.74, 6) is 2.23. The fourth-order valence-corrected chi connectivity index (χ4v) is 3.13. The maximum Gasteiger partial charge on any atom is 0.254 e. The molecule has 0 radical (unpaired) electrons. The SMILES string of the molecule is Cc1ccc(CN(C)C(=O)c2ccccc2CSc2ncn[nH]2)o1. The molecule has 0 atom stereocenters. The number of aryl methyl sites for hydroxylation is 1. The molecule has 6 nitrogen and oxygen atoms in total. The third-order valence-corrected chi connectivity index (χ3v) is 4.47. The summed E-state index contributed by atoms with van der Waals surface area (Å²) >= 11 is 1.51. The molecule has 1 aromatic carbocycles. The lowest BCUT2D eigenvalue weighted by Crippen LogP contribution is -2.26. The minimum absolute atomic E-state index is 0.0298. The molecule has 7 heteroatoms. The molecule has 0 fully saturated rings. The molecule has 0 aliphatic heterocycles. The van der Waals surface area contributed by atoms with Gasteiger partial charge in [0.25, 0.3) is 5.91 Å². The second-order valence-corrected chi connectivity index (χ2v) is 6.37.